The summed E-state index contributed by atoms with van der Waals surface area (Å²) < 4.78 is 0. The molecule has 0 unspecified atom stereocenters. The van der Waals surface area contributed by atoms with Gasteiger partial charge in [0.05, 0.1) is 0 Å². The maximum Gasteiger partial charge on any atom is 0.128 e. The minimum atomic E-state index is 0.557. The summed E-state index contributed by atoms with van der Waals surface area (Å²) >= 11 is 0. The van der Waals surface area contributed by atoms with Gasteiger partial charge in [-0.05, 0) is 19.9 Å². The van der Waals surface area contributed by atoms with Crippen LogP contribution in [0.4, 0.5) is 11.5 Å². The van der Waals surface area contributed by atoms with Crippen molar-refractivity contribution in [1.29, 1.82) is 0 Å². The van der Waals surface area contributed by atoms with Crippen molar-refractivity contribution in [3.63, 3.8) is 0 Å². The Balaban J connectivity index is 3.00. The van der Waals surface area contributed by atoms with Crippen LogP contribution in [0.5, 0.6) is 0 Å². The van der Waals surface area contributed by atoms with Gasteiger partial charge in [0.25, 0.3) is 0 Å². The summed E-state index contributed by atoms with van der Waals surface area (Å²) in [6.07, 6.45) is 1.67. The van der Waals surface area contributed by atoms with Crippen molar-refractivity contribution in [3.05, 3.63) is 30.1 Å². The first-order valence-electron chi connectivity index (χ1n) is 3.75. The van der Waals surface area contributed by atoms with Crippen LogP contribution < -0.4 is 11.1 Å². The number of nitrogens with zero attached hydrogens (tertiary/aromatic N) is 1. The van der Waals surface area contributed by atoms with Crippen LogP contribution in [-0.2, 0) is 0 Å². The number of aromatic nitrogens is 1. The van der Waals surface area contributed by atoms with Gasteiger partial charge in [0.1, 0.15) is 5.82 Å². The van der Waals surface area contributed by atoms with Gasteiger partial charge in [-0.3, -0.25) is 0 Å². The molecule has 64 valence electrons. The lowest BCUT2D eigenvalue weighted by atomic mass is 10.2. The number of hydrogen-bond acceptors (Lipinski definition) is 3. The molecule has 0 fully saturated rings. The zero-order chi connectivity index (χ0) is 9.14. The maximum absolute atomic E-state index is 5.62. The van der Waals surface area contributed by atoms with Crippen molar-refractivity contribution < 1.29 is 0 Å². The normalized spacial score (nSPS) is 9.50. The summed E-state index contributed by atoms with van der Waals surface area (Å²) in [7, 11) is 0. The van der Waals surface area contributed by atoms with E-state index in [9.17, 15) is 0 Å². The quantitative estimate of drug-likeness (QED) is 0.700. The molecule has 0 aliphatic heterocycles. The fourth-order valence-electron chi connectivity index (χ4n) is 0.917. The molecule has 0 saturated heterocycles. The Bertz CT molecular complexity index is 305. The molecule has 1 aromatic heterocycles. The van der Waals surface area contributed by atoms with Crippen molar-refractivity contribution in [3.8, 4) is 0 Å². The van der Waals surface area contributed by atoms with Gasteiger partial charge < -0.3 is 11.1 Å². The number of nitrogens with one attached hydrogen (secondary N) is 1. The van der Waals surface area contributed by atoms with E-state index in [2.05, 4.69) is 16.9 Å². The van der Waals surface area contributed by atoms with Crippen molar-refractivity contribution in [1.82, 2.24) is 4.98 Å². The standard InChI is InChI=1S/C9H13N3/c1-6(2)12-8-4-5-11-9(10)7(8)3/h4-5H,1H2,2-3H3,(H3,10,11,12). The van der Waals surface area contributed by atoms with Gasteiger partial charge in [-0.25, -0.2) is 4.98 Å². The van der Waals surface area contributed by atoms with E-state index in [-0.39, 0.29) is 0 Å². The van der Waals surface area contributed by atoms with Crippen LogP contribution in [0.15, 0.2) is 24.5 Å². The second-order valence-corrected chi connectivity index (χ2v) is 2.77. The molecule has 0 aliphatic rings. The van der Waals surface area contributed by atoms with Gasteiger partial charge in [0, 0.05) is 23.1 Å². The highest BCUT2D eigenvalue weighted by atomic mass is 14.9. The largest absolute Gasteiger partial charge is 0.383 e. The lowest BCUT2D eigenvalue weighted by molar-refractivity contribution is 1.26. The monoisotopic (exact) mass is 163 g/mol. The second-order valence-electron chi connectivity index (χ2n) is 2.77. The third-order valence-electron chi connectivity index (χ3n) is 1.59. The second kappa shape index (κ2) is 3.26. The fraction of sp³-hybridized carbons (Fsp3) is 0.222. The van der Waals surface area contributed by atoms with E-state index in [1.807, 2.05) is 19.9 Å². The van der Waals surface area contributed by atoms with Crippen LogP contribution in [0.2, 0.25) is 0 Å². The highest BCUT2D eigenvalue weighted by Gasteiger charge is 2.00. The van der Waals surface area contributed by atoms with Crippen LogP contribution in [0.25, 0.3) is 0 Å². The molecule has 12 heavy (non-hydrogen) atoms. The first kappa shape index (κ1) is 8.59. The summed E-state index contributed by atoms with van der Waals surface area (Å²) in [6.45, 7) is 7.57. The molecule has 0 aromatic carbocycles. The smallest absolute Gasteiger partial charge is 0.128 e. The number of rotatable bonds is 2. The minimum absolute atomic E-state index is 0.557. The SMILES string of the molecule is C=C(C)Nc1ccnc(N)c1C. The molecule has 0 aliphatic carbocycles. The third-order valence-corrected chi connectivity index (χ3v) is 1.59. The van der Waals surface area contributed by atoms with Crippen molar-refractivity contribution in [2.75, 3.05) is 11.1 Å². The van der Waals surface area contributed by atoms with Crippen molar-refractivity contribution in [2.45, 2.75) is 13.8 Å². The molecule has 3 nitrogen and oxygen atoms in total. The molecule has 3 N–H and O–H groups in total. The van der Waals surface area contributed by atoms with Crippen molar-refractivity contribution in [2.24, 2.45) is 0 Å². The van der Waals surface area contributed by atoms with Gasteiger partial charge in [-0.2, -0.15) is 0 Å². The molecule has 0 saturated carbocycles. The molecule has 0 spiro atoms. The molecule has 1 aromatic rings. The van der Waals surface area contributed by atoms with Gasteiger partial charge in [-0.15, -0.1) is 0 Å². The minimum Gasteiger partial charge on any atom is -0.383 e. The van der Waals surface area contributed by atoms with Crippen molar-refractivity contribution >= 4 is 11.5 Å². The van der Waals surface area contributed by atoms with E-state index >= 15 is 0 Å². The van der Waals surface area contributed by atoms with E-state index in [0.717, 1.165) is 16.9 Å². The Morgan fingerprint density at radius 1 is 1.67 bits per heavy atom. The summed E-state index contributed by atoms with van der Waals surface area (Å²) in [5, 5.41) is 3.10. The fourth-order valence-corrected chi connectivity index (χ4v) is 0.917. The predicted octanol–water partition coefficient (Wildman–Crippen LogP) is 1.92. The zero-order valence-corrected chi connectivity index (χ0v) is 7.39. The maximum atomic E-state index is 5.62. The van der Waals surface area contributed by atoms with Crippen LogP contribution in [0, 0.1) is 6.92 Å². The van der Waals surface area contributed by atoms with Gasteiger partial charge in [0.2, 0.25) is 0 Å². The Kier molecular flexibility index (Phi) is 2.33. The highest BCUT2D eigenvalue weighted by Crippen LogP contribution is 2.18. The molecule has 1 rings (SSSR count). The number of hydrogen-bond donors (Lipinski definition) is 2. The average Bonchev–Trinajstić information content (AvgIpc) is 1.98. The summed E-state index contributed by atoms with van der Waals surface area (Å²) in [5.74, 6) is 0.557. The van der Waals surface area contributed by atoms with Gasteiger partial charge >= 0.3 is 0 Å². The molecule has 0 radical (unpaired) electrons. The summed E-state index contributed by atoms with van der Waals surface area (Å²) in [4.78, 5) is 3.95. The first-order valence-corrected chi connectivity index (χ1v) is 3.75. The molecular weight excluding hydrogens is 150 g/mol. The topological polar surface area (TPSA) is 50.9 Å². The van der Waals surface area contributed by atoms with Crippen LogP contribution in [0.1, 0.15) is 12.5 Å². The molecule has 1 heterocycles. The number of nitrogens with two attached hydrogens (primary N) is 1. The highest BCUT2D eigenvalue weighted by molar-refractivity contribution is 5.60. The van der Waals surface area contributed by atoms with E-state index in [1.54, 1.807) is 6.20 Å². The predicted molar refractivity (Wildman–Crippen MR) is 51.8 cm³/mol. The third kappa shape index (κ3) is 1.75. The lowest BCUT2D eigenvalue weighted by Crippen LogP contribution is -2.00. The average molecular weight is 163 g/mol. The van der Waals surface area contributed by atoms with E-state index in [0.29, 0.717) is 5.82 Å². The number of pyridine rings is 1. The number of nitrogen functional groups attached to an aromatic ring is 1. The Hall–Kier alpha value is -1.51. The van der Waals surface area contributed by atoms with Crippen LogP contribution >= 0.6 is 0 Å². The summed E-state index contributed by atoms with van der Waals surface area (Å²) in [5.41, 5.74) is 8.43. The Morgan fingerprint density at radius 2 is 2.33 bits per heavy atom. The summed E-state index contributed by atoms with van der Waals surface area (Å²) in [6, 6.07) is 1.88. The van der Waals surface area contributed by atoms with Crippen LogP contribution in [0.3, 0.4) is 0 Å². The molecule has 0 atom stereocenters. The van der Waals surface area contributed by atoms with E-state index in [4.69, 9.17) is 5.73 Å². The number of allylic oxidation sites excluding steroid dienone is 1. The number of anilines is 2. The van der Waals surface area contributed by atoms with Gasteiger partial charge in [0.15, 0.2) is 0 Å². The zero-order valence-electron chi connectivity index (χ0n) is 7.39. The van der Waals surface area contributed by atoms with E-state index in [1.165, 1.54) is 0 Å². The molecule has 3 heteroatoms. The van der Waals surface area contributed by atoms with E-state index < -0.39 is 0 Å². The Labute approximate surface area is 72.3 Å². The Morgan fingerprint density at radius 3 is 2.92 bits per heavy atom. The molecule has 0 bridgehead atoms. The first-order chi connectivity index (χ1) is 5.61. The van der Waals surface area contributed by atoms with Gasteiger partial charge in [-0.1, -0.05) is 6.58 Å². The van der Waals surface area contributed by atoms with Crippen LogP contribution in [-0.4, -0.2) is 4.98 Å². The lowest BCUT2D eigenvalue weighted by Gasteiger charge is -2.09. The molecule has 0 amide bonds. The molecular formula is C9H13N3.